The SMILES string of the molecule is Cl.O=S(=O)(NCc1cc2n(n1)CCNC2)c1c(Cl)nc2sccn12. The fourth-order valence-electron chi connectivity index (χ4n) is 2.55. The predicted molar refractivity (Wildman–Crippen MR) is 93.3 cm³/mol. The minimum atomic E-state index is -3.78. The van der Waals surface area contributed by atoms with Gasteiger partial charge in [0.2, 0.25) is 0 Å². The van der Waals surface area contributed by atoms with Gasteiger partial charge in [0.25, 0.3) is 10.0 Å². The molecule has 4 rings (SSSR count). The third-order valence-corrected chi connectivity index (χ3v) is 6.15. The molecule has 0 unspecified atom stereocenters. The van der Waals surface area contributed by atoms with Gasteiger partial charge in [-0.2, -0.15) is 5.10 Å². The van der Waals surface area contributed by atoms with E-state index in [0.717, 1.165) is 25.3 Å². The van der Waals surface area contributed by atoms with Crippen molar-refractivity contribution in [1.82, 2.24) is 29.2 Å². The zero-order valence-corrected chi connectivity index (χ0v) is 15.5. The largest absolute Gasteiger partial charge is 0.309 e. The summed E-state index contributed by atoms with van der Waals surface area (Å²) in [4.78, 5) is 4.59. The second-order valence-electron chi connectivity index (χ2n) is 5.11. The van der Waals surface area contributed by atoms with Crippen LogP contribution in [0.1, 0.15) is 11.4 Å². The van der Waals surface area contributed by atoms with E-state index >= 15 is 0 Å². The number of imidazole rings is 1. The van der Waals surface area contributed by atoms with E-state index in [9.17, 15) is 8.42 Å². The average Bonchev–Trinajstić information content (AvgIpc) is 3.17. The summed E-state index contributed by atoms with van der Waals surface area (Å²) in [5.74, 6) is 0. The molecule has 0 amide bonds. The second-order valence-corrected chi connectivity index (χ2v) is 8.03. The van der Waals surface area contributed by atoms with Crippen molar-refractivity contribution in [3.63, 3.8) is 0 Å². The molecular weight excluding hydrogens is 395 g/mol. The predicted octanol–water partition coefficient (Wildman–Crippen LogP) is 1.25. The Balaban J connectivity index is 0.00000169. The number of hydrogen-bond donors (Lipinski definition) is 2. The molecule has 130 valence electrons. The summed E-state index contributed by atoms with van der Waals surface area (Å²) >= 11 is 7.31. The summed E-state index contributed by atoms with van der Waals surface area (Å²) in [6.45, 7) is 2.49. The fourth-order valence-corrected chi connectivity index (χ4v) is 5.00. The van der Waals surface area contributed by atoms with Crippen LogP contribution >= 0.6 is 35.3 Å². The number of nitrogens with one attached hydrogen (secondary N) is 2. The fraction of sp³-hybridized carbons (Fsp3) is 0.333. The Hall–Kier alpha value is -1.17. The molecule has 4 heterocycles. The highest BCUT2D eigenvalue weighted by Crippen LogP contribution is 2.25. The molecule has 0 saturated heterocycles. The molecule has 12 heteroatoms. The highest BCUT2D eigenvalue weighted by molar-refractivity contribution is 7.89. The van der Waals surface area contributed by atoms with Crippen molar-refractivity contribution < 1.29 is 8.42 Å². The van der Waals surface area contributed by atoms with Crippen molar-refractivity contribution in [2.24, 2.45) is 0 Å². The molecule has 0 radical (unpaired) electrons. The van der Waals surface area contributed by atoms with Crippen molar-refractivity contribution >= 4 is 50.3 Å². The molecule has 2 N–H and O–H groups in total. The Labute approximate surface area is 153 Å². The molecule has 1 aliphatic heterocycles. The summed E-state index contributed by atoms with van der Waals surface area (Å²) in [6, 6.07) is 1.90. The highest BCUT2D eigenvalue weighted by Gasteiger charge is 2.25. The molecule has 0 aromatic carbocycles. The normalized spacial score (nSPS) is 14.5. The number of rotatable bonds is 4. The van der Waals surface area contributed by atoms with Gasteiger partial charge in [0.15, 0.2) is 15.1 Å². The molecule has 0 aliphatic carbocycles. The van der Waals surface area contributed by atoms with Crippen LogP contribution in [0, 0.1) is 0 Å². The molecule has 8 nitrogen and oxygen atoms in total. The van der Waals surface area contributed by atoms with E-state index in [1.807, 2.05) is 10.7 Å². The molecule has 24 heavy (non-hydrogen) atoms. The van der Waals surface area contributed by atoms with Gasteiger partial charge in [0.05, 0.1) is 24.5 Å². The van der Waals surface area contributed by atoms with Gasteiger partial charge in [0, 0.05) is 24.7 Å². The van der Waals surface area contributed by atoms with Crippen LogP contribution in [0.5, 0.6) is 0 Å². The zero-order chi connectivity index (χ0) is 16.0. The van der Waals surface area contributed by atoms with Crippen molar-refractivity contribution in [1.29, 1.82) is 0 Å². The molecule has 3 aromatic heterocycles. The number of hydrogen-bond acceptors (Lipinski definition) is 6. The lowest BCUT2D eigenvalue weighted by Crippen LogP contribution is -2.28. The number of fused-ring (bicyclic) bond motifs is 2. The van der Waals surface area contributed by atoms with E-state index in [0.29, 0.717) is 10.7 Å². The van der Waals surface area contributed by atoms with E-state index in [1.165, 1.54) is 15.7 Å². The van der Waals surface area contributed by atoms with Gasteiger partial charge in [-0.15, -0.1) is 23.7 Å². The topological polar surface area (TPSA) is 93.3 Å². The van der Waals surface area contributed by atoms with E-state index < -0.39 is 10.0 Å². The van der Waals surface area contributed by atoms with Crippen molar-refractivity contribution in [2.45, 2.75) is 24.7 Å². The van der Waals surface area contributed by atoms with Crippen LogP contribution in [-0.4, -0.2) is 34.1 Å². The van der Waals surface area contributed by atoms with Crippen LogP contribution in [-0.2, 0) is 29.7 Å². The highest BCUT2D eigenvalue weighted by atomic mass is 35.5. The van der Waals surface area contributed by atoms with Crippen molar-refractivity contribution in [3.05, 3.63) is 34.2 Å². The summed E-state index contributed by atoms with van der Waals surface area (Å²) in [5, 5.41) is 9.34. The molecule has 0 atom stereocenters. The summed E-state index contributed by atoms with van der Waals surface area (Å²) in [7, 11) is -3.78. The number of nitrogens with zero attached hydrogens (tertiary/aromatic N) is 4. The lowest BCUT2D eigenvalue weighted by atomic mass is 10.3. The van der Waals surface area contributed by atoms with Gasteiger partial charge in [-0.1, -0.05) is 11.6 Å². The number of aromatic nitrogens is 4. The smallest absolute Gasteiger partial charge is 0.260 e. The van der Waals surface area contributed by atoms with Crippen molar-refractivity contribution in [2.75, 3.05) is 6.54 Å². The third-order valence-electron chi connectivity index (χ3n) is 3.60. The first-order valence-corrected chi connectivity index (χ1v) is 9.66. The van der Waals surface area contributed by atoms with E-state index in [2.05, 4.69) is 20.1 Å². The van der Waals surface area contributed by atoms with Gasteiger partial charge < -0.3 is 5.32 Å². The first-order chi connectivity index (χ1) is 11.0. The maximum atomic E-state index is 12.5. The zero-order valence-electron chi connectivity index (χ0n) is 12.3. The first-order valence-electron chi connectivity index (χ1n) is 6.91. The number of halogens is 2. The monoisotopic (exact) mass is 408 g/mol. The maximum Gasteiger partial charge on any atom is 0.260 e. The molecule has 0 saturated carbocycles. The summed E-state index contributed by atoms with van der Waals surface area (Å²) in [5.41, 5.74) is 1.72. The Morgan fingerprint density at radius 3 is 3.08 bits per heavy atom. The Morgan fingerprint density at radius 1 is 1.46 bits per heavy atom. The quantitative estimate of drug-likeness (QED) is 0.677. The first kappa shape index (κ1) is 17.6. The van der Waals surface area contributed by atoms with Gasteiger partial charge >= 0.3 is 0 Å². The Morgan fingerprint density at radius 2 is 2.29 bits per heavy atom. The van der Waals surface area contributed by atoms with Gasteiger partial charge in [-0.3, -0.25) is 9.08 Å². The van der Waals surface area contributed by atoms with E-state index in [-0.39, 0.29) is 29.1 Å². The number of thiazole rings is 1. The van der Waals surface area contributed by atoms with Gasteiger partial charge in [0.1, 0.15) is 0 Å². The standard InChI is InChI=1S/C12H13ClN6O2S2.ClH/c13-10-11(18-3-4-22-12(18)16-10)23(20,21)15-6-8-5-9-7-14-1-2-19(9)17-8;/h3-5,14-15H,1-2,6-7H2;1H. The molecule has 0 spiro atoms. The number of sulfonamides is 1. The molecule has 0 fully saturated rings. The molecular formula is C12H14Cl2N6O2S2. The van der Waals surface area contributed by atoms with Crippen LogP contribution in [0.15, 0.2) is 22.7 Å². The van der Waals surface area contributed by atoms with Crippen LogP contribution in [0.25, 0.3) is 4.96 Å². The second kappa shape index (κ2) is 6.62. The molecule has 0 bridgehead atoms. The Bertz CT molecular complexity index is 954. The maximum absolute atomic E-state index is 12.5. The minimum Gasteiger partial charge on any atom is -0.309 e. The summed E-state index contributed by atoms with van der Waals surface area (Å²) < 4.78 is 31.0. The van der Waals surface area contributed by atoms with Gasteiger partial charge in [-0.05, 0) is 6.07 Å². The van der Waals surface area contributed by atoms with E-state index in [1.54, 1.807) is 11.6 Å². The minimum absolute atomic E-state index is 0. The van der Waals surface area contributed by atoms with Crippen LogP contribution in [0.4, 0.5) is 0 Å². The summed E-state index contributed by atoms with van der Waals surface area (Å²) in [6.07, 6.45) is 1.63. The average molecular weight is 409 g/mol. The third kappa shape index (κ3) is 3.05. The van der Waals surface area contributed by atoms with E-state index in [4.69, 9.17) is 11.6 Å². The molecule has 3 aromatic rings. The lowest BCUT2D eigenvalue weighted by Gasteiger charge is -2.13. The Kier molecular flexibility index (Phi) is 4.87. The van der Waals surface area contributed by atoms with Gasteiger partial charge in [-0.25, -0.2) is 18.1 Å². The van der Waals surface area contributed by atoms with Crippen LogP contribution in [0.2, 0.25) is 5.15 Å². The van der Waals surface area contributed by atoms with Crippen molar-refractivity contribution in [3.8, 4) is 0 Å². The van der Waals surface area contributed by atoms with Crippen LogP contribution < -0.4 is 10.0 Å². The lowest BCUT2D eigenvalue weighted by molar-refractivity contribution is 0.473. The molecule has 1 aliphatic rings. The van der Waals surface area contributed by atoms with Crippen LogP contribution in [0.3, 0.4) is 0 Å².